The van der Waals surface area contributed by atoms with Crippen molar-refractivity contribution in [2.24, 2.45) is 11.7 Å². The molecule has 6 heteroatoms. The van der Waals surface area contributed by atoms with Crippen molar-refractivity contribution in [1.29, 1.82) is 0 Å². The van der Waals surface area contributed by atoms with Gasteiger partial charge in [-0.05, 0) is 56.4 Å². The van der Waals surface area contributed by atoms with Crippen LogP contribution in [0.15, 0.2) is 28.7 Å². The molecule has 126 valence electrons. The summed E-state index contributed by atoms with van der Waals surface area (Å²) in [6.45, 7) is 3.21. The van der Waals surface area contributed by atoms with E-state index >= 15 is 0 Å². The van der Waals surface area contributed by atoms with Gasteiger partial charge in [0.05, 0.1) is 0 Å². The third kappa shape index (κ3) is 5.53. The van der Waals surface area contributed by atoms with Gasteiger partial charge in [0.15, 0.2) is 6.10 Å². The summed E-state index contributed by atoms with van der Waals surface area (Å²) in [5.41, 5.74) is 5.21. The normalized spacial score (nSPS) is 19.2. The molecular formula is C17H23BrN2O3. The molecule has 23 heavy (non-hydrogen) atoms. The first-order valence-electron chi connectivity index (χ1n) is 7.95. The molecule has 2 amide bonds. The Kier molecular flexibility index (Phi) is 6.45. The monoisotopic (exact) mass is 382 g/mol. The number of carbonyl (C=O) groups is 2. The molecule has 5 nitrogen and oxygen atoms in total. The molecule has 1 aromatic carbocycles. The van der Waals surface area contributed by atoms with E-state index in [2.05, 4.69) is 15.9 Å². The Balaban J connectivity index is 1.87. The SMILES string of the molecule is CC(Oc1ccc(Br)cc1)C(=O)N1CCCC(CCC(N)=O)C1. The predicted molar refractivity (Wildman–Crippen MR) is 92.0 cm³/mol. The van der Waals surface area contributed by atoms with E-state index in [-0.39, 0.29) is 11.8 Å². The summed E-state index contributed by atoms with van der Waals surface area (Å²) < 4.78 is 6.70. The van der Waals surface area contributed by atoms with Crippen molar-refractivity contribution in [3.05, 3.63) is 28.7 Å². The molecule has 2 rings (SSSR count). The molecule has 2 unspecified atom stereocenters. The minimum atomic E-state index is -0.522. The second-order valence-corrected chi connectivity index (χ2v) is 6.93. The van der Waals surface area contributed by atoms with E-state index in [9.17, 15) is 9.59 Å². The van der Waals surface area contributed by atoms with Crippen molar-refractivity contribution in [2.75, 3.05) is 13.1 Å². The van der Waals surface area contributed by atoms with Crippen molar-refractivity contribution >= 4 is 27.7 Å². The Bertz CT molecular complexity index is 547. The van der Waals surface area contributed by atoms with Crippen LogP contribution in [0, 0.1) is 5.92 Å². The van der Waals surface area contributed by atoms with Gasteiger partial charge >= 0.3 is 0 Å². The standard InChI is InChI=1S/C17H23BrN2O3/c1-12(23-15-7-5-14(18)6-8-15)17(22)20-10-2-3-13(11-20)4-9-16(19)21/h5-8,12-13H,2-4,9-11H2,1H3,(H2,19,21). The summed E-state index contributed by atoms with van der Waals surface area (Å²) in [7, 11) is 0. The van der Waals surface area contributed by atoms with Gasteiger partial charge in [0, 0.05) is 24.0 Å². The summed E-state index contributed by atoms with van der Waals surface area (Å²) in [5.74, 6) is 0.744. The maximum Gasteiger partial charge on any atom is 0.263 e. The number of halogens is 1. The molecule has 0 spiro atoms. The number of nitrogens with two attached hydrogens (primary N) is 1. The highest BCUT2D eigenvalue weighted by Gasteiger charge is 2.27. The van der Waals surface area contributed by atoms with E-state index in [0.29, 0.717) is 24.6 Å². The molecule has 0 bridgehead atoms. The van der Waals surface area contributed by atoms with Crippen LogP contribution in [-0.4, -0.2) is 35.9 Å². The van der Waals surface area contributed by atoms with Crippen LogP contribution >= 0.6 is 15.9 Å². The first kappa shape index (κ1) is 17.8. The molecule has 1 heterocycles. The number of carbonyl (C=O) groups excluding carboxylic acids is 2. The van der Waals surface area contributed by atoms with Gasteiger partial charge in [0.2, 0.25) is 5.91 Å². The van der Waals surface area contributed by atoms with Crippen LogP contribution < -0.4 is 10.5 Å². The summed E-state index contributed by atoms with van der Waals surface area (Å²) in [6.07, 6.45) is 2.61. The predicted octanol–water partition coefficient (Wildman–Crippen LogP) is 2.72. The smallest absolute Gasteiger partial charge is 0.263 e. The molecule has 1 fully saturated rings. The van der Waals surface area contributed by atoms with Crippen LogP contribution in [0.4, 0.5) is 0 Å². The summed E-state index contributed by atoms with van der Waals surface area (Å²) in [6, 6.07) is 7.43. The highest BCUT2D eigenvalue weighted by molar-refractivity contribution is 9.10. The summed E-state index contributed by atoms with van der Waals surface area (Å²) in [4.78, 5) is 25.3. The number of primary amides is 1. The third-order valence-corrected chi connectivity index (χ3v) is 4.63. The number of piperidine rings is 1. The molecule has 0 aliphatic carbocycles. The zero-order valence-corrected chi connectivity index (χ0v) is 14.9. The molecule has 1 aliphatic heterocycles. The Hall–Kier alpha value is -1.56. The van der Waals surface area contributed by atoms with Crippen molar-refractivity contribution in [2.45, 2.75) is 38.7 Å². The topological polar surface area (TPSA) is 72.6 Å². The summed E-state index contributed by atoms with van der Waals surface area (Å²) in [5, 5.41) is 0. The number of ether oxygens (including phenoxy) is 1. The van der Waals surface area contributed by atoms with Crippen LogP contribution in [0.25, 0.3) is 0 Å². The average Bonchev–Trinajstić information content (AvgIpc) is 2.54. The van der Waals surface area contributed by atoms with Gasteiger partial charge in [-0.1, -0.05) is 15.9 Å². The first-order valence-corrected chi connectivity index (χ1v) is 8.74. The van der Waals surface area contributed by atoms with Gasteiger partial charge in [-0.15, -0.1) is 0 Å². The number of hydrogen-bond acceptors (Lipinski definition) is 3. The molecule has 1 aliphatic rings. The quantitative estimate of drug-likeness (QED) is 0.821. The Morgan fingerprint density at radius 3 is 2.74 bits per heavy atom. The number of amides is 2. The van der Waals surface area contributed by atoms with Crippen LogP contribution in [0.5, 0.6) is 5.75 Å². The van der Waals surface area contributed by atoms with Crippen LogP contribution in [0.2, 0.25) is 0 Å². The number of benzene rings is 1. The average molecular weight is 383 g/mol. The fourth-order valence-electron chi connectivity index (χ4n) is 2.87. The Morgan fingerprint density at radius 1 is 1.39 bits per heavy atom. The number of likely N-dealkylation sites (tertiary alicyclic amines) is 1. The third-order valence-electron chi connectivity index (χ3n) is 4.10. The lowest BCUT2D eigenvalue weighted by Crippen LogP contribution is -2.45. The molecule has 2 N–H and O–H groups in total. The number of rotatable bonds is 6. The maximum atomic E-state index is 12.6. The minimum Gasteiger partial charge on any atom is -0.481 e. The highest BCUT2D eigenvalue weighted by Crippen LogP contribution is 2.23. The largest absolute Gasteiger partial charge is 0.481 e. The molecule has 0 aromatic heterocycles. The van der Waals surface area contributed by atoms with Gasteiger partial charge in [-0.3, -0.25) is 9.59 Å². The van der Waals surface area contributed by atoms with Gasteiger partial charge < -0.3 is 15.4 Å². The van der Waals surface area contributed by atoms with Crippen LogP contribution in [0.1, 0.15) is 32.6 Å². The lowest BCUT2D eigenvalue weighted by Gasteiger charge is -2.34. The molecule has 0 radical (unpaired) electrons. The maximum absolute atomic E-state index is 12.6. The second-order valence-electron chi connectivity index (χ2n) is 6.01. The zero-order chi connectivity index (χ0) is 16.8. The first-order chi connectivity index (χ1) is 11.0. The van der Waals surface area contributed by atoms with Crippen molar-refractivity contribution in [3.8, 4) is 5.75 Å². The molecule has 0 saturated carbocycles. The molecule has 2 atom stereocenters. The molecule has 1 saturated heterocycles. The highest BCUT2D eigenvalue weighted by atomic mass is 79.9. The van der Waals surface area contributed by atoms with E-state index in [1.165, 1.54) is 0 Å². The lowest BCUT2D eigenvalue weighted by atomic mass is 9.93. The van der Waals surface area contributed by atoms with Crippen molar-refractivity contribution in [3.63, 3.8) is 0 Å². The zero-order valence-electron chi connectivity index (χ0n) is 13.3. The van der Waals surface area contributed by atoms with E-state index in [0.717, 1.165) is 30.3 Å². The van der Waals surface area contributed by atoms with E-state index in [4.69, 9.17) is 10.5 Å². The van der Waals surface area contributed by atoms with Gasteiger partial charge in [0.1, 0.15) is 5.75 Å². The van der Waals surface area contributed by atoms with E-state index < -0.39 is 6.10 Å². The van der Waals surface area contributed by atoms with Crippen LogP contribution in [0.3, 0.4) is 0 Å². The fourth-order valence-corrected chi connectivity index (χ4v) is 3.14. The van der Waals surface area contributed by atoms with E-state index in [1.807, 2.05) is 29.2 Å². The summed E-state index contributed by atoms with van der Waals surface area (Å²) >= 11 is 3.37. The van der Waals surface area contributed by atoms with Crippen molar-refractivity contribution in [1.82, 2.24) is 4.90 Å². The van der Waals surface area contributed by atoms with Crippen molar-refractivity contribution < 1.29 is 14.3 Å². The van der Waals surface area contributed by atoms with Crippen LogP contribution in [-0.2, 0) is 9.59 Å². The lowest BCUT2D eigenvalue weighted by molar-refractivity contribution is -0.139. The number of hydrogen-bond donors (Lipinski definition) is 1. The molecular weight excluding hydrogens is 360 g/mol. The van der Waals surface area contributed by atoms with Gasteiger partial charge in [-0.25, -0.2) is 0 Å². The van der Waals surface area contributed by atoms with Gasteiger partial charge in [0.25, 0.3) is 5.91 Å². The molecule has 1 aromatic rings. The van der Waals surface area contributed by atoms with Gasteiger partial charge in [-0.2, -0.15) is 0 Å². The minimum absolute atomic E-state index is 0.00306. The van der Waals surface area contributed by atoms with E-state index in [1.54, 1.807) is 6.92 Å². The fraction of sp³-hybridized carbons (Fsp3) is 0.529. The number of nitrogens with zero attached hydrogens (tertiary/aromatic N) is 1. The Labute approximate surface area is 145 Å². The Morgan fingerprint density at radius 2 is 2.09 bits per heavy atom. The second kappa shape index (κ2) is 8.34.